The molecule has 1 saturated heterocycles. The highest BCUT2D eigenvalue weighted by Crippen LogP contribution is 2.29. The molecular weight excluding hydrogens is 430 g/mol. The molecular formula is C23H31N3O5S. The average molecular weight is 462 g/mol. The van der Waals surface area contributed by atoms with E-state index in [1.54, 1.807) is 17.0 Å². The Labute approximate surface area is 190 Å². The summed E-state index contributed by atoms with van der Waals surface area (Å²) in [5.74, 6) is -0.0133. The fourth-order valence-electron chi connectivity index (χ4n) is 3.57. The van der Waals surface area contributed by atoms with Gasteiger partial charge in [0.2, 0.25) is 10.0 Å². The van der Waals surface area contributed by atoms with E-state index in [0.717, 1.165) is 11.3 Å². The van der Waals surface area contributed by atoms with Gasteiger partial charge in [0.25, 0.3) is 5.91 Å². The van der Waals surface area contributed by atoms with E-state index < -0.39 is 10.0 Å². The van der Waals surface area contributed by atoms with E-state index >= 15 is 0 Å². The molecule has 1 aliphatic heterocycles. The van der Waals surface area contributed by atoms with Gasteiger partial charge in [-0.25, -0.2) is 8.42 Å². The molecule has 0 radical (unpaired) electrons. The van der Waals surface area contributed by atoms with E-state index in [1.165, 1.54) is 17.5 Å². The van der Waals surface area contributed by atoms with Crippen molar-refractivity contribution in [3.63, 3.8) is 0 Å². The number of rotatable bonds is 8. The molecule has 0 atom stereocenters. The predicted molar refractivity (Wildman–Crippen MR) is 124 cm³/mol. The van der Waals surface area contributed by atoms with Crippen molar-refractivity contribution >= 4 is 21.6 Å². The number of amides is 1. The van der Waals surface area contributed by atoms with Gasteiger partial charge in [0.1, 0.15) is 10.6 Å². The zero-order valence-electron chi connectivity index (χ0n) is 19.1. The van der Waals surface area contributed by atoms with Crippen LogP contribution in [0.3, 0.4) is 0 Å². The first-order chi connectivity index (χ1) is 15.3. The van der Waals surface area contributed by atoms with E-state index in [2.05, 4.69) is 0 Å². The normalized spacial score (nSPS) is 14.8. The minimum absolute atomic E-state index is 0.000797. The van der Waals surface area contributed by atoms with E-state index in [9.17, 15) is 13.2 Å². The average Bonchev–Trinajstić information content (AvgIpc) is 2.82. The first-order valence-corrected chi connectivity index (χ1v) is 12.0. The molecule has 32 heavy (non-hydrogen) atoms. The Morgan fingerprint density at radius 1 is 1.09 bits per heavy atom. The van der Waals surface area contributed by atoms with E-state index in [4.69, 9.17) is 9.47 Å². The van der Waals surface area contributed by atoms with Crippen LogP contribution in [-0.4, -0.2) is 77.6 Å². The summed E-state index contributed by atoms with van der Waals surface area (Å²) >= 11 is 0. The number of morpholine rings is 1. The first-order valence-electron chi connectivity index (χ1n) is 10.6. The fourth-order valence-corrected chi connectivity index (χ4v) is 5.16. The van der Waals surface area contributed by atoms with Crippen LogP contribution in [-0.2, 0) is 21.3 Å². The van der Waals surface area contributed by atoms with Crippen molar-refractivity contribution in [2.75, 3.05) is 59.0 Å². The van der Waals surface area contributed by atoms with Crippen LogP contribution in [0.1, 0.15) is 22.8 Å². The van der Waals surface area contributed by atoms with Crippen LogP contribution >= 0.6 is 0 Å². The lowest BCUT2D eigenvalue weighted by Gasteiger charge is -2.27. The van der Waals surface area contributed by atoms with Gasteiger partial charge >= 0.3 is 0 Å². The summed E-state index contributed by atoms with van der Waals surface area (Å²) in [4.78, 5) is 17.0. The summed E-state index contributed by atoms with van der Waals surface area (Å²) < 4.78 is 38.4. The smallest absolute Gasteiger partial charge is 0.254 e. The third-order valence-corrected chi connectivity index (χ3v) is 7.41. The van der Waals surface area contributed by atoms with E-state index in [-0.39, 0.29) is 29.6 Å². The SMILES string of the molecule is CCN(Cc1ccc(N(C)C)cc1)C(=O)c1ccc(OC)c(S(=O)(=O)N2CCOCC2)c1. The number of nitrogens with zero attached hydrogens (tertiary/aromatic N) is 3. The van der Waals surface area contributed by atoms with Crippen molar-refractivity contribution in [1.82, 2.24) is 9.21 Å². The highest BCUT2D eigenvalue weighted by Gasteiger charge is 2.30. The summed E-state index contributed by atoms with van der Waals surface area (Å²) in [6, 6.07) is 12.6. The molecule has 1 aliphatic rings. The highest BCUT2D eigenvalue weighted by molar-refractivity contribution is 7.89. The standard InChI is InChI=1S/C23H31N3O5S/c1-5-25(17-18-6-9-20(10-7-18)24(2)3)23(27)19-8-11-21(30-4)22(16-19)32(28,29)26-12-14-31-15-13-26/h6-11,16H,5,12-15,17H2,1-4H3. The van der Waals surface area contributed by atoms with Crippen molar-refractivity contribution in [3.05, 3.63) is 53.6 Å². The second kappa shape index (κ2) is 10.3. The van der Waals surface area contributed by atoms with Crippen LogP contribution in [0, 0.1) is 0 Å². The number of sulfonamides is 1. The third kappa shape index (κ3) is 5.23. The Hall–Kier alpha value is -2.62. The predicted octanol–water partition coefficient (Wildman–Crippen LogP) is 2.44. The molecule has 174 valence electrons. The number of carbonyl (C=O) groups excluding carboxylic acids is 1. The highest BCUT2D eigenvalue weighted by atomic mass is 32.2. The molecule has 0 aliphatic carbocycles. The number of carbonyl (C=O) groups is 1. The van der Waals surface area contributed by atoms with Crippen LogP contribution in [0.5, 0.6) is 5.75 Å². The summed E-state index contributed by atoms with van der Waals surface area (Å²) in [7, 11) is 1.56. The van der Waals surface area contributed by atoms with Gasteiger partial charge in [-0.15, -0.1) is 0 Å². The molecule has 2 aromatic carbocycles. The van der Waals surface area contributed by atoms with Crippen molar-refractivity contribution in [2.24, 2.45) is 0 Å². The van der Waals surface area contributed by atoms with Gasteiger partial charge in [0.15, 0.2) is 0 Å². The maximum atomic E-state index is 13.3. The molecule has 3 rings (SSSR count). The first kappa shape index (κ1) is 24.0. The van der Waals surface area contributed by atoms with E-state index in [1.807, 2.05) is 50.2 Å². The number of hydrogen-bond donors (Lipinski definition) is 0. The van der Waals surface area contributed by atoms with Crippen LogP contribution in [0.25, 0.3) is 0 Å². The van der Waals surface area contributed by atoms with E-state index in [0.29, 0.717) is 31.9 Å². The minimum atomic E-state index is -3.81. The van der Waals surface area contributed by atoms with Gasteiger partial charge in [0, 0.05) is 51.5 Å². The Kier molecular flexibility index (Phi) is 7.76. The number of benzene rings is 2. The summed E-state index contributed by atoms with van der Waals surface area (Å²) in [5, 5.41) is 0. The van der Waals surface area contributed by atoms with Crippen LogP contribution in [0.4, 0.5) is 5.69 Å². The maximum absolute atomic E-state index is 13.3. The molecule has 0 bridgehead atoms. The van der Waals surface area contributed by atoms with Crippen LogP contribution < -0.4 is 9.64 Å². The molecule has 0 spiro atoms. The van der Waals surface area contributed by atoms with Crippen LogP contribution in [0.2, 0.25) is 0 Å². The van der Waals surface area contributed by atoms with Gasteiger partial charge in [-0.3, -0.25) is 4.79 Å². The Morgan fingerprint density at radius 3 is 2.31 bits per heavy atom. The number of anilines is 1. The van der Waals surface area contributed by atoms with Crippen molar-refractivity contribution in [1.29, 1.82) is 0 Å². The summed E-state index contributed by atoms with van der Waals surface area (Å²) in [6.07, 6.45) is 0. The Morgan fingerprint density at radius 2 is 1.75 bits per heavy atom. The third-order valence-electron chi connectivity index (χ3n) is 5.49. The Bertz CT molecular complexity index is 1030. The maximum Gasteiger partial charge on any atom is 0.254 e. The lowest BCUT2D eigenvalue weighted by molar-refractivity contribution is 0.0728. The van der Waals surface area contributed by atoms with Gasteiger partial charge in [-0.05, 0) is 42.8 Å². The lowest BCUT2D eigenvalue weighted by atomic mass is 10.1. The second-order valence-corrected chi connectivity index (χ2v) is 9.67. The zero-order valence-corrected chi connectivity index (χ0v) is 19.9. The van der Waals surface area contributed by atoms with Gasteiger partial charge in [-0.2, -0.15) is 4.31 Å². The Balaban J connectivity index is 1.87. The van der Waals surface area contributed by atoms with Crippen molar-refractivity contribution in [3.8, 4) is 5.75 Å². The zero-order chi connectivity index (χ0) is 23.3. The van der Waals surface area contributed by atoms with Gasteiger partial charge in [0.05, 0.1) is 20.3 Å². The number of hydrogen-bond acceptors (Lipinski definition) is 6. The van der Waals surface area contributed by atoms with Crippen molar-refractivity contribution < 1.29 is 22.7 Å². The molecule has 1 fully saturated rings. The van der Waals surface area contributed by atoms with Crippen LogP contribution in [0.15, 0.2) is 47.4 Å². The molecule has 0 aromatic heterocycles. The summed E-state index contributed by atoms with van der Waals surface area (Å²) in [5.41, 5.74) is 2.39. The second-order valence-electron chi connectivity index (χ2n) is 7.76. The number of ether oxygens (including phenoxy) is 2. The molecule has 1 heterocycles. The van der Waals surface area contributed by atoms with Crippen molar-refractivity contribution in [2.45, 2.75) is 18.4 Å². The monoisotopic (exact) mass is 461 g/mol. The lowest BCUT2D eigenvalue weighted by Crippen LogP contribution is -2.40. The molecule has 9 heteroatoms. The quantitative estimate of drug-likeness (QED) is 0.601. The molecule has 8 nitrogen and oxygen atoms in total. The summed E-state index contributed by atoms with van der Waals surface area (Å²) in [6.45, 7) is 4.06. The largest absolute Gasteiger partial charge is 0.495 e. The molecule has 0 N–H and O–H groups in total. The topological polar surface area (TPSA) is 79.4 Å². The van der Waals surface area contributed by atoms with Gasteiger partial charge < -0.3 is 19.3 Å². The molecule has 0 saturated carbocycles. The number of methoxy groups -OCH3 is 1. The molecule has 1 amide bonds. The fraction of sp³-hybridized carbons (Fsp3) is 0.435. The minimum Gasteiger partial charge on any atom is -0.495 e. The molecule has 0 unspecified atom stereocenters. The van der Waals surface area contributed by atoms with Gasteiger partial charge in [-0.1, -0.05) is 12.1 Å². The molecule has 2 aromatic rings.